The van der Waals surface area contributed by atoms with Gasteiger partial charge in [-0.2, -0.15) is 4.31 Å². The van der Waals surface area contributed by atoms with Crippen LogP contribution in [0.2, 0.25) is 0 Å². The molecule has 1 aliphatic heterocycles. The van der Waals surface area contributed by atoms with Crippen LogP contribution in [-0.2, 0) is 10.0 Å². The molecule has 5 nitrogen and oxygen atoms in total. The highest BCUT2D eigenvalue weighted by Crippen LogP contribution is 2.34. The van der Waals surface area contributed by atoms with Crippen LogP contribution in [0.5, 0.6) is 5.75 Å². The Kier molecular flexibility index (Phi) is 3.72. The Balaban J connectivity index is 2.26. The van der Waals surface area contributed by atoms with Crippen LogP contribution in [0.1, 0.15) is 6.42 Å². The first kappa shape index (κ1) is 12.8. The van der Waals surface area contributed by atoms with Crippen molar-refractivity contribution in [1.82, 2.24) is 4.31 Å². The number of nitrogens with zero attached hydrogens (tertiary/aromatic N) is 1. The first-order valence-electron chi connectivity index (χ1n) is 5.41. The van der Waals surface area contributed by atoms with Crippen molar-refractivity contribution in [2.75, 3.05) is 26.7 Å². The van der Waals surface area contributed by atoms with Gasteiger partial charge in [-0.05, 0) is 30.3 Å². The maximum Gasteiger partial charge on any atom is 0.256 e. The third-order valence-corrected chi connectivity index (χ3v) is 6.26. The van der Waals surface area contributed by atoms with Crippen LogP contribution in [0, 0.1) is 5.92 Å². The fourth-order valence-electron chi connectivity index (χ4n) is 1.95. The molecule has 1 unspecified atom stereocenters. The van der Waals surface area contributed by atoms with Crippen molar-refractivity contribution in [2.45, 2.75) is 10.6 Å². The van der Waals surface area contributed by atoms with Crippen LogP contribution >= 0.6 is 11.3 Å². The van der Waals surface area contributed by atoms with Gasteiger partial charge in [-0.25, -0.2) is 8.42 Å². The van der Waals surface area contributed by atoms with Gasteiger partial charge in [-0.1, -0.05) is 0 Å². The molecule has 0 spiro atoms. The van der Waals surface area contributed by atoms with Gasteiger partial charge in [0.05, 0.1) is 7.11 Å². The van der Waals surface area contributed by atoms with Crippen molar-refractivity contribution < 1.29 is 13.2 Å². The first-order chi connectivity index (χ1) is 8.09. The van der Waals surface area contributed by atoms with Crippen molar-refractivity contribution in [3.63, 3.8) is 0 Å². The van der Waals surface area contributed by atoms with Crippen molar-refractivity contribution in [3.8, 4) is 5.75 Å². The number of hydrogen-bond donors (Lipinski definition) is 1. The molecule has 0 bridgehead atoms. The highest BCUT2D eigenvalue weighted by molar-refractivity contribution is 7.91. The van der Waals surface area contributed by atoms with Crippen LogP contribution in [0.25, 0.3) is 0 Å². The Hall–Kier alpha value is -0.630. The highest BCUT2D eigenvalue weighted by Gasteiger charge is 2.34. The zero-order valence-electron chi connectivity index (χ0n) is 9.63. The lowest BCUT2D eigenvalue weighted by Gasteiger charge is -2.15. The van der Waals surface area contributed by atoms with Crippen LogP contribution in [0.4, 0.5) is 0 Å². The summed E-state index contributed by atoms with van der Waals surface area (Å²) in [5.74, 6) is 0.696. The Morgan fingerprint density at radius 1 is 1.65 bits per heavy atom. The summed E-state index contributed by atoms with van der Waals surface area (Å²) in [6.45, 7) is 1.60. The predicted octanol–water partition coefficient (Wildman–Crippen LogP) is 0.726. The summed E-state index contributed by atoms with van der Waals surface area (Å²) in [5, 5.41) is 1.72. The van der Waals surface area contributed by atoms with Gasteiger partial charge < -0.3 is 10.5 Å². The second-order valence-electron chi connectivity index (χ2n) is 4.03. The van der Waals surface area contributed by atoms with Gasteiger partial charge >= 0.3 is 0 Å². The average Bonchev–Trinajstić information content (AvgIpc) is 2.97. The van der Waals surface area contributed by atoms with E-state index in [-0.39, 0.29) is 10.1 Å². The number of hydrogen-bond acceptors (Lipinski definition) is 5. The molecular weight excluding hydrogens is 260 g/mol. The van der Waals surface area contributed by atoms with Gasteiger partial charge in [-0.3, -0.25) is 0 Å². The van der Waals surface area contributed by atoms with Crippen LogP contribution < -0.4 is 10.5 Å². The molecule has 2 heterocycles. The molecule has 2 rings (SSSR count). The standard InChI is InChI=1S/C10H16N2O3S2/c1-15-9-3-5-16-10(9)17(13,14)12-4-2-8(6-11)7-12/h3,5,8H,2,4,6-7,11H2,1H3. The van der Waals surface area contributed by atoms with E-state index in [0.717, 1.165) is 6.42 Å². The van der Waals surface area contributed by atoms with Crippen LogP contribution in [-0.4, -0.2) is 39.5 Å². The average molecular weight is 276 g/mol. The fraction of sp³-hybridized carbons (Fsp3) is 0.600. The van der Waals surface area contributed by atoms with E-state index in [0.29, 0.717) is 25.4 Å². The molecule has 0 saturated carbocycles. The van der Waals surface area contributed by atoms with Gasteiger partial charge in [0.1, 0.15) is 5.75 Å². The Labute approximate surface area is 105 Å². The molecule has 1 aromatic heterocycles. The first-order valence-corrected chi connectivity index (χ1v) is 7.73. The topological polar surface area (TPSA) is 72.6 Å². The molecule has 1 aliphatic rings. The van der Waals surface area contributed by atoms with Crippen molar-refractivity contribution >= 4 is 21.4 Å². The summed E-state index contributed by atoms with van der Waals surface area (Å²) in [4.78, 5) is 0. The van der Waals surface area contributed by atoms with E-state index in [1.165, 1.54) is 22.8 Å². The van der Waals surface area contributed by atoms with Gasteiger partial charge in [0.2, 0.25) is 0 Å². The molecule has 1 fully saturated rings. The molecule has 2 N–H and O–H groups in total. The van der Waals surface area contributed by atoms with Crippen molar-refractivity contribution in [3.05, 3.63) is 11.4 Å². The third-order valence-electron chi connectivity index (χ3n) is 2.97. The maximum absolute atomic E-state index is 12.4. The molecule has 7 heteroatoms. The maximum atomic E-state index is 12.4. The lowest BCUT2D eigenvalue weighted by Crippen LogP contribution is -2.29. The van der Waals surface area contributed by atoms with E-state index in [1.54, 1.807) is 11.4 Å². The monoisotopic (exact) mass is 276 g/mol. The van der Waals surface area contributed by atoms with E-state index in [1.807, 2.05) is 0 Å². The molecule has 96 valence electrons. The molecule has 0 aliphatic carbocycles. The lowest BCUT2D eigenvalue weighted by atomic mass is 10.1. The van der Waals surface area contributed by atoms with Crippen LogP contribution in [0.15, 0.2) is 15.7 Å². The smallest absolute Gasteiger partial charge is 0.256 e. The van der Waals surface area contributed by atoms with Crippen molar-refractivity contribution in [2.24, 2.45) is 11.7 Å². The number of thiophene rings is 1. The number of ether oxygens (including phenoxy) is 1. The Morgan fingerprint density at radius 2 is 2.41 bits per heavy atom. The number of nitrogens with two attached hydrogens (primary N) is 1. The number of rotatable bonds is 4. The molecule has 0 amide bonds. The van der Waals surface area contributed by atoms with Crippen LogP contribution in [0.3, 0.4) is 0 Å². The summed E-state index contributed by atoms with van der Waals surface area (Å²) in [5.41, 5.74) is 5.57. The molecule has 1 aromatic rings. The number of methoxy groups -OCH3 is 1. The largest absolute Gasteiger partial charge is 0.494 e. The van der Waals surface area contributed by atoms with E-state index < -0.39 is 10.0 Å². The summed E-state index contributed by atoms with van der Waals surface area (Å²) < 4.78 is 31.6. The summed E-state index contributed by atoms with van der Waals surface area (Å²) in [7, 11) is -1.93. The fourth-order valence-corrected chi connectivity index (χ4v) is 4.89. The molecule has 1 saturated heterocycles. The van der Waals surface area contributed by atoms with Gasteiger partial charge in [0.15, 0.2) is 4.21 Å². The molecule has 0 radical (unpaired) electrons. The van der Waals surface area contributed by atoms with Gasteiger partial charge in [0.25, 0.3) is 10.0 Å². The quantitative estimate of drug-likeness (QED) is 0.880. The molecule has 17 heavy (non-hydrogen) atoms. The van der Waals surface area contributed by atoms with Gasteiger partial charge in [-0.15, -0.1) is 11.3 Å². The van der Waals surface area contributed by atoms with E-state index in [4.69, 9.17) is 10.5 Å². The third kappa shape index (κ3) is 2.33. The second kappa shape index (κ2) is 4.93. The zero-order chi connectivity index (χ0) is 12.5. The molecule has 1 atom stereocenters. The SMILES string of the molecule is COc1ccsc1S(=O)(=O)N1CCC(CN)C1. The minimum Gasteiger partial charge on any atom is -0.494 e. The predicted molar refractivity (Wildman–Crippen MR) is 66.8 cm³/mol. The Bertz CT molecular complexity index is 483. The second-order valence-corrected chi connectivity index (χ2v) is 7.08. The summed E-state index contributed by atoms with van der Waals surface area (Å²) in [6, 6.07) is 1.67. The normalized spacial score (nSPS) is 21.9. The molecular formula is C10H16N2O3S2. The van der Waals surface area contributed by atoms with E-state index in [9.17, 15) is 8.42 Å². The summed E-state index contributed by atoms with van der Waals surface area (Å²) in [6.07, 6.45) is 0.837. The zero-order valence-corrected chi connectivity index (χ0v) is 11.3. The lowest BCUT2D eigenvalue weighted by molar-refractivity contribution is 0.402. The Morgan fingerprint density at radius 3 is 3.00 bits per heavy atom. The highest BCUT2D eigenvalue weighted by atomic mass is 32.2. The van der Waals surface area contributed by atoms with Crippen molar-refractivity contribution in [1.29, 1.82) is 0 Å². The summed E-state index contributed by atoms with van der Waals surface area (Å²) >= 11 is 1.19. The minimum atomic E-state index is -3.41. The number of sulfonamides is 1. The van der Waals surface area contributed by atoms with E-state index >= 15 is 0 Å². The van der Waals surface area contributed by atoms with E-state index in [2.05, 4.69) is 0 Å². The minimum absolute atomic E-state index is 0.274. The molecule has 0 aromatic carbocycles. The van der Waals surface area contributed by atoms with Gasteiger partial charge in [0, 0.05) is 13.1 Å².